The fourth-order valence-electron chi connectivity index (χ4n) is 3.08. The molecule has 5 nitrogen and oxygen atoms in total. The Morgan fingerprint density at radius 2 is 1.56 bits per heavy atom. The highest BCUT2D eigenvalue weighted by atomic mass is 19.4. The molecule has 12 heteroatoms. The summed E-state index contributed by atoms with van der Waals surface area (Å²) in [5.74, 6) is -14.1. The fourth-order valence-corrected chi connectivity index (χ4v) is 3.08. The highest BCUT2D eigenvalue weighted by Gasteiger charge is 2.82. The molecule has 1 N–H and O–H groups in total. The molecule has 0 aliphatic carbocycles. The van der Waals surface area contributed by atoms with E-state index in [-0.39, 0.29) is 11.3 Å². The monoisotopic (exact) mass is 464 g/mol. The van der Waals surface area contributed by atoms with E-state index < -0.39 is 52.4 Å². The number of aliphatic hydroxyl groups is 1. The molecule has 0 saturated carbocycles. The molecule has 0 bridgehead atoms. The third-order valence-corrected chi connectivity index (χ3v) is 4.87. The van der Waals surface area contributed by atoms with Gasteiger partial charge in [-0.05, 0) is 29.8 Å². The van der Waals surface area contributed by atoms with Crippen molar-refractivity contribution in [2.75, 3.05) is 7.11 Å². The number of amides is 1. The van der Waals surface area contributed by atoms with Crippen molar-refractivity contribution in [1.82, 2.24) is 5.01 Å². The Labute approximate surface area is 176 Å². The first-order valence-corrected chi connectivity index (χ1v) is 8.92. The highest BCUT2D eigenvalue weighted by molar-refractivity contribution is 6.05. The Bertz CT molecular complexity index is 1020. The number of nitrogens with zero attached hydrogens (tertiary/aromatic N) is 2. The number of hydrazone groups is 1. The van der Waals surface area contributed by atoms with Crippen molar-refractivity contribution in [2.45, 2.75) is 30.2 Å². The molecule has 32 heavy (non-hydrogen) atoms. The van der Waals surface area contributed by atoms with Gasteiger partial charge >= 0.3 is 18.0 Å². The van der Waals surface area contributed by atoms with Crippen molar-refractivity contribution in [3.63, 3.8) is 0 Å². The normalized spacial score (nSPS) is 19.7. The molecule has 0 radical (unpaired) electrons. The summed E-state index contributed by atoms with van der Waals surface area (Å²) in [5, 5.41) is 13.7. The van der Waals surface area contributed by atoms with Gasteiger partial charge in [0.25, 0.3) is 5.91 Å². The molecule has 0 fully saturated rings. The van der Waals surface area contributed by atoms with E-state index in [1.54, 1.807) is 0 Å². The van der Waals surface area contributed by atoms with Crippen LogP contribution in [-0.4, -0.2) is 52.6 Å². The fraction of sp³-hybridized carbons (Fsp3) is 0.300. The Kier molecular flexibility index (Phi) is 5.71. The van der Waals surface area contributed by atoms with Crippen LogP contribution in [-0.2, 0) is 0 Å². The molecule has 0 spiro atoms. The lowest BCUT2D eigenvalue weighted by atomic mass is 9.91. The van der Waals surface area contributed by atoms with Crippen LogP contribution in [0.4, 0.5) is 30.7 Å². The minimum absolute atomic E-state index is 0.0436. The molecule has 172 valence electrons. The average Bonchev–Trinajstić information content (AvgIpc) is 3.12. The van der Waals surface area contributed by atoms with Gasteiger partial charge in [-0.1, -0.05) is 30.3 Å². The summed E-state index contributed by atoms with van der Waals surface area (Å²) in [6.45, 7) is 0. The number of carbonyl (C=O) groups is 1. The summed E-state index contributed by atoms with van der Waals surface area (Å²) < 4.78 is 100. The second kappa shape index (κ2) is 7.76. The Balaban J connectivity index is 2.13. The Morgan fingerprint density at radius 1 is 1.00 bits per heavy atom. The molecule has 1 amide bonds. The molecule has 0 unspecified atom stereocenters. The largest absolute Gasteiger partial charge is 0.497 e. The minimum atomic E-state index is -6.71. The first-order valence-electron chi connectivity index (χ1n) is 8.92. The zero-order chi connectivity index (χ0) is 23.9. The van der Waals surface area contributed by atoms with Crippen LogP contribution >= 0.6 is 0 Å². The van der Waals surface area contributed by atoms with Crippen molar-refractivity contribution in [3.8, 4) is 5.75 Å². The molecular weight excluding hydrogens is 449 g/mol. The summed E-state index contributed by atoms with van der Waals surface area (Å²) in [7, 11) is 1.30. The molecule has 0 aromatic heterocycles. The van der Waals surface area contributed by atoms with E-state index in [2.05, 4.69) is 5.10 Å². The molecule has 2 aromatic rings. The van der Waals surface area contributed by atoms with Gasteiger partial charge in [0.2, 0.25) is 5.72 Å². The lowest BCUT2D eigenvalue weighted by Crippen LogP contribution is -2.69. The summed E-state index contributed by atoms with van der Waals surface area (Å²) in [5.41, 5.74) is -5.16. The third kappa shape index (κ3) is 3.57. The van der Waals surface area contributed by atoms with Crippen LogP contribution in [0.3, 0.4) is 0 Å². The summed E-state index contributed by atoms with van der Waals surface area (Å²) >= 11 is 0. The molecule has 1 atom stereocenters. The lowest BCUT2D eigenvalue weighted by molar-refractivity contribution is -0.400. The topological polar surface area (TPSA) is 62.1 Å². The number of halogens is 7. The zero-order valence-electron chi connectivity index (χ0n) is 16.2. The van der Waals surface area contributed by atoms with Crippen LogP contribution in [0.15, 0.2) is 59.7 Å². The van der Waals surface area contributed by atoms with Crippen molar-refractivity contribution >= 4 is 11.6 Å². The van der Waals surface area contributed by atoms with E-state index in [4.69, 9.17) is 4.74 Å². The predicted molar refractivity (Wildman–Crippen MR) is 97.7 cm³/mol. The molecular formula is C20H15F7N2O3. The third-order valence-electron chi connectivity index (χ3n) is 4.87. The van der Waals surface area contributed by atoms with Gasteiger partial charge in [0.1, 0.15) is 5.75 Å². The minimum Gasteiger partial charge on any atom is -0.497 e. The maximum atomic E-state index is 14.7. The van der Waals surface area contributed by atoms with Gasteiger partial charge < -0.3 is 9.84 Å². The van der Waals surface area contributed by atoms with Crippen LogP contribution in [0.2, 0.25) is 0 Å². The van der Waals surface area contributed by atoms with E-state index in [9.17, 15) is 40.6 Å². The average molecular weight is 464 g/mol. The van der Waals surface area contributed by atoms with Crippen molar-refractivity contribution in [1.29, 1.82) is 0 Å². The number of hydrogen-bond acceptors (Lipinski definition) is 4. The molecule has 0 saturated heterocycles. The molecule has 1 aliphatic heterocycles. The molecule has 1 aliphatic rings. The van der Waals surface area contributed by atoms with Gasteiger partial charge in [0.15, 0.2) is 0 Å². The van der Waals surface area contributed by atoms with Crippen LogP contribution < -0.4 is 4.74 Å². The predicted octanol–water partition coefficient (Wildman–Crippen LogP) is 4.47. The Hall–Kier alpha value is -3.15. The SMILES string of the molecule is COc1ccc(C(=O)N2N=C(c3ccccc3)C[C@@]2(O)C(F)(F)C(F)(F)C(F)(F)F)cc1. The maximum Gasteiger partial charge on any atom is 0.460 e. The van der Waals surface area contributed by atoms with Gasteiger partial charge in [-0.3, -0.25) is 4.79 Å². The first-order chi connectivity index (χ1) is 14.8. The number of ether oxygens (including phenoxy) is 1. The Morgan fingerprint density at radius 3 is 2.06 bits per heavy atom. The summed E-state index contributed by atoms with van der Waals surface area (Å²) in [4.78, 5) is 12.8. The zero-order valence-corrected chi connectivity index (χ0v) is 16.2. The standard InChI is InChI=1S/C20H15F7N2O3/c1-32-14-9-7-13(8-10-14)16(30)29-17(31,18(21,22)19(23,24)20(25,26)27)11-15(28-29)12-5-3-2-4-6-12/h2-10,31H,11H2,1H3/t17-/m1/s1. The first kappa shape index (κ1) is 23.5. The van der Waals surface area contributed by atoms with E-state index in [1.807, 2.05) is 0 Å². The second-order valence-corrected chi connectivity index (χ2v) is 6.90. The van der Waals surface area contributed by atoms with E-state index in [0.717, 1.165) is 12.1 Å². The van der Waals surface area contributed by atoms with Gasteiger partial charge in [0.05, 0.1) is 12.8 Å². The van der Waals surface area contributed by atoms with E-state index in [1.165, 1.54) is 49.6 Å². The van der Waals surface area contributed by atoms with E-state index >= 15 is 0 Å². The van der Waals surface area contributed by atoms with Crippen LogP contribution in [0.25, 0.3) is 0 Å². The number of rotatable bonds is 5. The van der Waals surface area contributed by atoms with Crippen molar-refractivity contribution in [3.05, 3.63) is 65.7 Å². The molecule has 1 heterocycles. The van der Waals surface area contributed by atoms with Crippen molar-refractivity contribution < 1.29 is 45.4 Å². The number of alkyl halides is 7. The molecule has 2 aromatic carbocycles. The van der Waals surface area contributed by atoms with Crippen LogP contribution in [0, 0.1) is 0 Å². The lowest BCUT2D eigenvalue weighted by Gasteiger charge is -2.41. The van der Waals surface area contributed by atoms with Gasteiger partial charge in [-0.2, -0.15) is 40.8 Å². The summed E-state index contributed by atoms with van der Waals surface area (Å²) in [6, 6.07) is 11.6. The van der Waals surface area contributed by atoms with Gasteiger partial charge in [-0.25, -0.2) is 0 Å². The smallest absolute Gasteiger partial charge is 0.460 e. The molecule has 3 rings (SSSR count). The van der Waals surface area contributed by atoms with E-state index in [0.29, 0.717) is 0 Å². The number of hydrogen-bond donors (Lipinski definition) is 1. The van der Waals surface area contributed by atoms with Gasteiger partial charge in [-0.15, -0.1) is 0 Å². The van der Waals surface area contributed by atoms with Crippen LogP contribution in [0.1, 0.15) is 22.3 Å². The quantitative estimate of drug-likeness (QED) is 0.665. The number of methoxy groups -OCH3 is 1. The van der Waals surface area contributed by atoms with Gasteiger partial charge in [0, 0.05) is 12.0 Å². The number of benzene rings is 2. The van der Waals surface area contributed by atoms with Crippen molar-refractivity contribution in [2.24, 2.45) is 5.10 Å². The van der Waals surface area contributed by atoms with Crippen LogP contribution in [0.5, 0.6) is 5.75 Å². The highest BCUT2D eigenvalue weighted by Crippen LogP contribution is 2.54. The number of carbonyl (C=O) groups excluding carboxylic acids is 1. The summed E-state index contributed by atoms with van der Waals surface area (Å²) in [6.07, 6.45) is -8.19. The second-order valence-electron chi connectivity index (χ2n) is 6.90. The maximum absolute atomic E-state index is 14.7.